The number of carbonyl (C=O) groups is 1. The number of halogens is 2. The van der Waals surface area contributed by atoms with E-state index in [0.29, 0.717) is 27.4 Å². The van der Waals surface area contributed by atoms with Crippen LogP contribution in [0.5, 0.6) is 5.75 Å². The molecule has 0 aliphatic heterocycles. The standard InChI is InChI=1S/C21H26FNO2.C5H5ClO2S2/c1-3-4-5-16(2)21(24)23-14-17-6-8-18(9-7-17)15-25-20-12-10-19(22)11-13-20;1-10(7,8)5-3-2-4(6)9-5/h6-13,16H,3-5,14-15H2,1-2H3,(H,23,24);2-3H,1H3. The van der Waals surface area contributed by atoms with E-state index in [4.69, 9.17) is 16.3 Å². The first-order valence-electron chi connectivity index (χ1n) is 11.3. The van der Waals surface area contributed by atoms with E-state index in [9.17, 15) is 17.6 Å². The van der Waals surface area contributed by atoms with E-state index in [1.54, 1.807) is 18.2 Å². The van der Waals surface area contributed by atoms with Gasteiger partial charge in [0.25, 0.3) is 0 Å². The third-order valence-corrected chi connectivity index (χ3v) is 8.11. The van der Waals surface area contributed by atoms with Gasteiger partial charge in [-0.2, -0.15) is 0 Å². The second-order valence-corrected chi connectivity index (χ2v) is 12.1. The highest BCUT2D eigenvalue weighted by Gasteiger charge is 2.11. The van der Waals surface area contributed by atoms with E-state index in [2.05, 4.69) is 12.2 Å². The summed E-state index contributed by atoms with van der Waals surface area (Å²) in [5, 5.41) is 2.98. The number of sulfone groups is 1. The molecule has 2 aromatic carbocycles. The average molecular weight is 540 g/mol. The van der Waals surface area contributed by atoms with E-state index in [1.165, 1.54) is 18.2 Å². The Morgan fingerprint density at radius 3 is 2.20 bits per heavy atom. The molecule has 9 heteroatoms. The number of hydrogen-bond donors (Lipinski definition) is 1. The second-order valence-electron chi connectivity index (χ2n) is 8.15. The van der Waals surface area contributed by atoms with Crippen LogP contribution in [-0.4, -0.2) is 20.6 Å². The molecule has 1 amide bonds. The van der Waals surface area contributed by atoms with Crippen molar-refractivity contribution in [3.8, 4) is 5.75 Å². The summed E-state index contributed by atoms with van der Waals surface area (Å²) in [6.45, 7) is 5.06. The lowest BCUT2D eigenvalue weighted by molar-refractivity contribution is -0.124. The fraction of sp³-hybridized carbons (Fsp3) is 0.346. The summed E-state index contributed by atoms with van der Waals surface area (Å²) in [5.74, 6) is 0.530. The lowest BCUT2D eigenvalue weighted by Gasteiger charge is -2.12. The molecule has 3 rings (SSSR count). The van der Waals surface area contributed by atoms with Crippen LogP contribution in [0.3, 0.4) is 0 Å². The maximum Gasteiger partial charge on any atom is 0.223 e. The third-order valence-electron chi connectivity index (χ3n) is 5.06. The molecular formula is C26H31ClFNO4S2. The van der Waals surface area contributed by atoms with Crippen LogP contribution in [0.4, 0.5) is 4.39 Å². The molecule has 190 valence electrons. The number of benzene rings is 2. The molecule has 0 aliphatic carbocycles. The predicted molar refractivity (Wildman–Crippen MR) is 140 cm³/mol. The molecule has 5 nitrogen and oxygen atoms in total. The third kappa shape index (κ3) is 10.8. The van der Waals surface area contributed by atoms with Crippen molar-refractivity contribution >= 4 is 38.7 Å². The summed E-state index contributed by atoms with van der Waals surface area (Å²) in [4.78, 5) is 12.0. The minimum atomic E-state index is -3.05. The van der Waals surface area contributed by atoms with E-state index < -0.39 is 9.84 Å². The average Bonchev–Trinajstić information content (AvgIpc) is 3.28. The Balaban J connectivity index is 0.000000360. The maximum absolute atomic E-state index is 12.8. The van der Waals surface area contributed by atoms with Crippen molar-refractivity contribution in [2.45, 2.75) is 50.5 Å². The van der Waals surface area contributed by atoms with Crippen molar-refractivity contribution in [3.05, 3.63) is 81.9 Å². The highest BCUT2D eigenvalue weighted by atomic mass is 35.5. The highest BCUT2D eigenvalue weighted by Crippen LogP contribution is 2.25. The minimum Gasteiger partial charge on any atom is -0.489 e. The van der Waals surface area contributed by atoms with Crippen molar-refractivity contribution in [1.82, 2.24) is 5.32 Å². The lowest BCUT2D eigenvalue weighted by Crippen LogP contribution is -2.28. The number of nitrogens with one attached hydrogen (secondary N) is 1. The quantitative estimate of drug-likeness (QED) is 0.313. The van der Waals surface area contributed by atoms with E-state index in [1.807, 2.05) is 31.2 Å². The molecule has 1 atom stereocenters. The number of carbonyl (C=O) groups excluding carboxylic acids is 1. The summed E-state index contributed by atoms with van der Waals surface area (Å²) < 4.78 is 40.9. The summed E-state index contributed by atoms with van der Waals surface area (Å²) in [5.41, 5.74) is 2.08. The van der Waals surface area contributed by atoms with Gasteiger partial charge in [0.1, 0.15) is 22.4 Å². The molecule has 1 heterocycles. The monoisotopic (exact) mass is 539 g/mol. The number of amides is 1. The summed E-state index contributed by atoms with van der Waals surface area (Å²) >= 11 is 6.59. The Bertz CT molecular complexity index is 1160. The smallest absolute Gasteiger partial charge is 0.223 e. The van der Waals surface area contributed by atoms with Gasteiger partial charge in [0.2, 0.25) is 5.91 Å². The van der Waals surface area contributed by atoms with Gasteiger partial charge < -0.3 is 10.1 Å². The first kappa shape index (κ1) is 28.8. The normalized spacial score (nSPS) is 11.8. The van der Waals surface area contributed by atoms with E-state index in [-0.39, 0.29) is 17.6 Å². The highest BCUT2D eigenvalue weighted by molar-refractivity contribution is 7.92. The van der Waals surface area contributed by atoms with E-state index >= 15 is 0 Å². The number of hydrogen-bond acceptors (Lipinski definition) is 5. The number of thiophene rings is 1. The van der Waals surface area contributed by atoms with Gasteiger partial charge in [0.05, 0.1) is 4.34 Å². The fourth-order valence-corrected chi connectivity index (χ4v) is 5.06. The van der Waals surface area contributed by atoms with Crippen LogP contribution in [-0.2, 0) is 27.8 Å². The predicted octanol–water partition coefficient (Wildman–Crippen LogP) is 6.65. The summed E-state index contributed by atoms with van der Waals surface area (Å²) in [6.07, 6.45) is 4.29. The molecule has 0 aliphatic rings. The van der Waals surface area contributed by atoms with Crippen LogP contribution in [0.25, 0.3) is 0 Å². The molecule has 0 spiro atoms. The van der Waals surface area contributed by atoms with E-state index in [0.717, 1.165) is 48.0 Å². The van der Waals surface area contributed by atoms with Crippen molar-refractivity contribution in [2.75, 3.05) is 6.26 Å². The van der Waals surface area contributed by atoms with Crippen LogP contribution in [0.1, 0.15) is 44.2 Å². The fourth-order valence-electron chi connectivity index (χ4n) is 2.95. The topological polar surface area (TPSA) is 72.5 Å². The molecule has 1 aromatic heterocycles. The molecule has 0 bridgehead atoms. The van der Waals surface area contributed by atoms with Crippen molar-refractivity contribution in [3.63, 3.8) is 0 Å². The van der Waals surface area contributed by atoms with Crippen LogP contribution in [0.2, 0.25) is 4.34 Å². The van der Waals surface area contributed by atoms with Gasteiger partial charge in [-0.15, -0.1) is 11.3 Å². The molecule has 35 heavy (non-hydrogen) atoms. The Morgan fingerprint density at radius 1 is 1.06 bits per heavy atom. The molecule has 1 unspecified atom stereocenters. The van der Waals surface area contributed by atoms with Crippen LogP contribution >= 0.6 is 22.9 Å². The lowest BCUT2D eigenvalue weighted by atomic mass is 10.0. The molecule has 0 saturated carbocycles. The number of ether oxygens (including phenoxy) is 1. The summed E-state index contributed by atoms with van der Waals surface area (Å²) in [6, 6.07) is 17.0. The Labute approximate surface area is 216 Å². The molecule has 0 radical (unpaired) electrons. The first-order chi connectivity index (χ1) is 16.6. The molecular weight excluding hydrogens is 509 g/mol. The molecule has 0 saturated heterocycles. The van der Waals surface area contributed by atoms with Crippen molar-refractivity contribution in [1.29, 1.82) is 0 Å². The van der Waals surface area contributed by atoms with Gasteiger partial charge in [-0.05, 0) is 53.9 Å². The van der Waals surface area contributed by atoms with Crippen molar-refractivity contribution < 1.29 is 22.3 Å². The Hall–Kier alpha value is -2.42. The van der Waals surface area contributed by atoms with Crippen LogP contribution in [0.15, 0.2) is 64.9 Å². The van der Waals surface area contributed by atoms with Crippen molar-refractivity contribution in [2.24, 2.45) is 5.92 Å². The van der Waals surface area contributed by atoms with Gasteiger partial charge in [0.15, 0.2) is 9.84 Å². The zero-order valence-electron chi connectivity index (χ0n) is 20.1. The zero-order chi connectivity index (χ0) is 25.8. The van der Waals surface area contributed by atoms with Crippen LogP contribution < -0.4 is 10.1 Å². The number of unbranched alkanes of at least 4 members (excludes halogenated alkanes) is 1. The molecule has 0 fully saturated rings. The van der Waals surface area contributed by atoms with Gasteiger partial charge in [-0.25, -0.2) is 12.8 Å². The van der Waals surface area contributed by atoms with Gasteiger partial charge in [-0.3, -0.25) is 4.79 Å². The second kappa shape index (κ2) is 14.2. The summed E-state index contributed by atoms with van der Waals surface area (Å²) in [7, 11) is -3.05. The van der Waals surface area contributed by atoms with Gasteiger partial charge in [0, 0.05) is 18.7 Å². The number of rotatable bonds is 10. The van der Waals surface area contributed by atoms with Gasteiger partial charge in [-0.1, -0.05) is 62.6 Å². The Morgan fingerprint density at radius 2 is 1.69 bits per heavy atom. The van der Waals surface area contributed by atoms with Crippen LogP contribution in [0, 0.1) is 11.7 Å². The maximum atomic E-state index is 12.8. The largest absolute Gasteiger partial charge is 0.489 e. The zero-order valence-corrected chi connectivity index (χ0v) is 22.5. The van der Waals surface area contributed by atoms with Gasteiger partial charge >= 0.3 is 0 Å². The molecule has 1 N–H and O–H groups in total. The first-order valence-corrected chi connectivity index (χ1v) is 14.4. The Kier molecular flexibility index (Phi) is 11.7. The SMILES string of the molecule is CCCCC(C)C(=O)NCc1ccc(COc2ccc(F)cc2)cc1.CS(=O)(=O)c1ccc(Cl)s1. The minimum absolute atomic E-state index is 0.0586. The molecule has 3 aromatic rings.